The number of nitrogens with zero attached hydrogens (tertiary/aromatic N) is 2. The smallest absolute Gasteiger partial charge is 0.128 e. The van der Waals surface area contributed by atoms with E-state index in [1.165, 1.54) is 0 Å². The number of hydrogen-bond donors (Lipinski definition) is 0. The van der Waals surface area contributed by atoms with Gasteiger partial charge in [-0.05, 0) is 36.2 Å². The van der Waals surface area contributed by atoms with E-state index < -0.39 is 23.8 Å². The summed E-state index contributed by atoms with van der Waals surface area (Å²) in [4.78, 5) is 5.89. The molecule has 0 radical (unpaired) electrons. The molecule has 0 amide bonds. The summed E-state index contributed by atoms with van der Waals surface area (Å²) >= 11 is 0. The van der Waals surface area contributed by atoms with Crippen LogP contribution in [0.1, 0.15) is 36.1 Å². The molecule has 5 heteroatoms. The molecule has 1 aliphatic rings. The quantitative estimate of drug-likeness (QED) is 0.808. The minimum atomic E-state index is -1.11. The van der Waals surface area contributed by atoms with Crippen LogP contribution in [0.3, 0.4) is 0 Å². The monoisotopic (exact) mass is 332 g/mol. The lowest BCUT2D eigenvalue weighted by atomic mass is 10.0. The van der Waals surface area contributed by atoms with Gasteiger partial charge in [0.05, 0.1) is 6.04 Å². The second-order valence-electron chi connectivity index (χ2n) is 6.05. The van der Waals surface area contributed by atoms with Crippen LogP contribution in [-0.2, 0) is 6.42 Å². The van der Waals surface area contributed by atoms with E-state index in [9.17, 15) is 13.2 Å². The van der Waals surface area contributed by atoms with Crippen LogP contribution in [0.4, 0.5) is 13.2 Å². The van der Waals surface area contributed by atoms with Crippen molar-refractivity contribution in [3.63, 3.8) is 0 Å². The highest BCUT2D eigenvalue weighted by Gasteiger charge is 2.36. The van der Waals surface area contributed by atoms with Gasteiger partial charge in [0.15, 0.2) is 0 Å². The standard InChI is InChI=1S/C19H19F3N2/c1-3-13-6-14(10-23-9-13)12(2)24-11-16(21)8-19(24)17-7-15(20)4-5-18(17)22/h4-7,9-10,16,19H,2-3,8,11H2,1H3. The van der Waals surface area contributed by atoms with Gasteiger partial charge >= 0.3 is 0 Å². The van der Waals surface area contributed by atoms with E-state index in [-0.39, 0.29) is 18.5 Å². The van der Waals surface area contributed by atoms with Crippen LogP contribution in [0.15, 0.2) is 43.2 Å². The fourth-order valence-electron chi connectivity index (χ4n) is 3.15. The van der Waals surface area contributed by atoms with E-state index in [0.717, 1.165) is 35.7 Å². The Morgan fingerprint density at radius 2 is 2.08 bits per heavy atom. The van der Waals surface area contributed by atoms with Crippen molar-refractivity contribution in [3.05, 3.63) is 71.6 Å². The summed E-state index contributed by atoms with van der Waals surface area (Å²) in [6, 6.07) is 4.65. The third-order valence-corrected chi connectivity index (χ3v) is 4.45. The molecule has 0 saturated carbocycles. The first-order valence-electron chi connectivity index (χ1n) is 7.98. The Kier molecular flexibility index (Phi) is 4.60. The fraction of sp³-hybridized carbons (Fsp3) is 0.316. The maximum atomic E-state index is 14.1. The van der Waals surface area contributed by atoms with Gasteiger partial charge in [-0.25, -0.2) is 13.2 Å². The number of halogens is 3. The van der Waals surface area contributed by atoms with Crippen LogP contribution in [0.5, 0.6) is 0 Å². The zero-order chi connectivity index (χ0) is 17.3. The highest BCUT2D eigenvalue weighted by molar-refractivity contribution is 5.62. The Hall–Kier alpha value is -2.30. The molecule has 1 aromatic carbocycles. The minimum Gasteiger partial charge on any atom is -0.361 e. The predicted octanol–water partition coefficient (Wildman–Crippen LogP) is 4.68. The van der Waals surface area contributed by atoms with Gasteiger partial charge in [0.1, 0.15) is 17.8 Å². The average molecular weight is 332 g/mol. The van der Waals surface area contributed by atoms with Gasteiger partial charge in [0.25, 0.3) is 0 Å². The fourth-order valence-corrected chi connectivity index (χ4v) is 3.15. The topological polar surface area (TPSA) is 16.1 Å². The molecule has 0 spiro atoms. The third kappa shape index (κ3) is 3.16. The van der Waals surface area contributed by atoms with Gasteiger partial charge in [0, 0.05) is 42.2 Å². The number of benzene rings is 1. The largest absolute Gasteiger partial charge is 0.361 e. The van der Waals surface area contributed by atoms with Crippen molar-refractivity contribution in [1.29, 1.82) is 0 Å². The Balaban J connectivity index is 1.95. The Labute approximate surface area is 139 Å². The molecule has 0 N–H and O–H groups in total. The summed E-state index contributed by atoms with van der Waals surface area (Å²) in [5.41, 5.74) is 2.55. The van der Waals surface area contributed by atoms with E-state index in [1.54, 1.807) is 17.3 Å². The zero-order valence-corrected chi connectivity index (χ0v) is 13.5. The van der Waals surface area contributed by atoms with E-state index in [1.807, 2.05) is 13.0 Å². The van der Waals surface area contributed by atoms with Crippen molar-refractivity contribution in [1.82, 2.24) is 9.88 Å². The Morgan fingerprint density at radius 3 is 2.83 bits per heavy atom. The second-order valence-corrected chi connectivity index (χ2v) is 6.05. The summed E-state index contributed by atoms with van der Waals surface area (Å²) in [5, 5.41) is 0. The molecule has 1 aromatic heterocycles. The lowest BCUT2D eigenvalue weighted by Crippen LogP contribution is -2.23. The first-order valence-corrected chi connectivity index (χ1v) is 7.98. The number of pyridine rings is 1. The van der Waals surface area contributed by atoms with Crippen LogP contribution in [-0.4, -0.2) is 22.6 Å². The summed E-state index contributed by atoms with van der Waals surface area (Å²) in [6.07, 6.45) is 3.24. The van der Waals surface area contributed by atoms with Gasteiger partial charge in [-0.2, -0.15) is 0 Å². The summed E-state index contributed by atoms with van der Waals surface area (Å²) in [7, 11) is 0. The first-order chi connectivity index (χ1) is 11.5. The Bertz CT molecular complexity index is 760. The molecule has 0 aliphatic carbocycles. The van der Waals surface area contributed by atoms with Crippen LogP contribution in [0, 0.1) is 11.6 Å². The molecule has 2 unspecified atom stereocenters. The molecule has 3 rings (SSSR count). The van der Waals surface area contributed by atoms with Gasteiger partial charge in [-0.1, -0.05) is 13.5 Å². The molecule has 24 heavy (non-hydrogen) atoms. The van der Waals surface area contributed by atoms with Crippen LogP contribution in [0.25, 0.3) is 5.70 Å². The minimum absolute atomic E-state index is 0.107. The molecule has 1 fully saturated rings. The van der Waals surface area contributed by atoms with E-state index in [4.69, 9.17) is 0 Å². The van der Waals surface area contributed by atoms with Crippen molar-refractivity contribution >= 4 is 5.70 Å². The number of aryl methyl sites for hydroxylation is 1. The lowest BCUT2D eigenvalue weighted by Gasteiger charge is -2.29. The zero-order valence-electron chi connectivity index (χ0n) is 13.5. The molecular formula is C19H19F3N2. The number of likely N-dealkylation sites (tertiary alicyclic amines) is 1. The second kappa shape index (κ2) is 6.67. The summed E-state index contributed by atoms with van der Waals surface area (Å²) in [5.74, 6) is -1.07. The van der Waals surface area contributed by atoms with Crippen LogP contribution in [0.2, 0.25) is 0 Å². The highest BCUT2D eigenvalue weighted by Crippen LogP contribution is 2.39. The van der Waals surface area contributed by atoms with Crippen LogP contribution >= 0.6 is 0 Å². The van der Waals surface area contributed by atoms with E-state index in [0.29, 0.717) is 5.70 Å². The molecule has 1 saturated heterocycles. The van der Waals surface area contributed by atoms with Crippen molar-refractivity contribution in [2.45, 2.75) is 32.0 Å². The predicted molar refractivity (Wildman–Crippen MR) is 88.0 cm³/mol. The number of hydrogen-bond acceptors (Lipinski definition) is 2. The molecule has 0 bridgehead atoms. The van der Waals surface area contributed by atoms with Crippen LogP contribution < -0.4 is 0 Å². The summed E-state index contributed by atoms with van der Waals surface area (Å²) < 4.78 is 41.7. The van der Waals surface area contributed by atoms with Gasteiger partial charge in [-0.15, -0.1) is 0 Å². The molecule has 2 atom stereocenters. The molecule has 2 heterocycles. The molecule has 126 valence electrons. The maximum absolute atomic E-state index is 14.1. The van der Waals surface area contributed by atoms with Crippen molar-refractivity contribution < 1.29 is 13.2 Å². The van der Waals surface area contributed by atoms with Crippen molar-refractivity contribution in [3.8, 4) is 0 Å². The van der Waals surface area contributed by atoms with E-state index >= 15 is 0 Å². The molecule has 2 nitrogen and oxygen atoms in total. The normalized spacial score (nSPS) is 20.4. The molecule has 1 aliphatic heterocycles. The maximum Gasteiger partial charge on any atom is 0.128 e. The average Bonchev–Trinajstić information content (AvgIpc) is 2.98. The number of rotatable bonds is 4. The van der Waals surface area contributed by atoms with Crippen molar-refractivity contribution in [2.75, 3.05) is 6.54 Å². The van der Waals surface area contributed by atoms with Crippen molar-refractivity contribution in [2.24, 2.45) is 0 Å². The molecular weight excluding hydrogens is 313 g/mol. The lowest BCUT2D eigenvalue weighted by molar-refractivity contribution is 0.333. The SMILES string of the molecule is C=C(c1cncc(CC)c1)N1CC(F)CC1c1cc(F)ccc1F. The number of aromatic nitrogens is 1. The van der Waals surface area contributed by atoms with Gasteiger partial charge in [0.2, 0.25) is 0 Å². The highest BCUT2D eigenvalue weighted by atomic mass is 19.1. The Morgan fingerprint density at radius 1 is 1.29 bits per heavy atom. The first kappa shape index (κ1) is 16.6. The van der Waals surface area contributed by atoms with Gasteiger partial charge in [-0.3, -0.25) is 4.98 Å². The van der Waals surface area contributed by atoms with Gasteiger partial charge < -0.3 is 4.90 Å². The third-order valence-electron chi connectivity index (χ3n) is 4.45. The summed E-state index contributed by atoms with van der Waals surface area (Å²) in [6.45, 7) is 6.17. The molecule has 2 aromatic rings. The van der Waals surface area contributed by atoms with E-state index in [2.05, 4.69) is 11.6 Å². The number of alkyl halides is 1.